The van der Waals surface area contributed by atoms with E-state index in [-0.39, 0.29) is 0 Å². The van der Waals surface area contributed by atoms with Crippen molar-refractivity contribution in [2.45, 2.75) is 0 Å². The maximum absolute atomic E-state index is 6.71. The zero-order valence-corrected chi connectivity index (χ0v) is 31.2. The largest absolute Gasteiger partial charge is 0.455 e. The Hall–Kier alpha value is -7.89. The molecule has 0 unspecified atom stereocenters. The van der Waals surface area contributed by atoms with E-state index in [1.807, 2.05) is 72.8 Å². The summed E-state index contributed by atoms with van der Waals surface area (Å²) in [7, 11) is 0. The van der Waals surface area contributed by atoms with E-state index in [2.05, 4.69) is 126 Å². The molecule has 0 amide bonds. The SMILES string of the molecule is c1ccc(-c2nc(-c3ccccc3)nc(-c3cc(-n4c5ccccc5c5cc6ccc(-c7ccc8ccccc8c7)cc6cc54)cc4c3oc3ccccc34)n2)cc1. The van der Waals surface area contributed by atoms with Crippen LogP contribution in [0, 0.1) is 0 Å². The molecule has 0 atom stereocenters. The van der Waals surface area contributed by atoms with Gasteiger partial charge >= 0.3 is 0 Å². The molecule has 5 heteroatoms. The molecule has 0 fully saturated rings. The molecule has 3 aromatic heterocycles. The van der Waals surface area contributed by atoms with Gasteiger partial charge in [-0.1, -0.05) is 146 Å². The highest BCUT2D eigenvalue weighted by Gasteiger charge is 2.22. The van der Waals surface area contributed by atoms with E-state index in [9.17, 15) is 0 Å². The minimum atomic E-state index is 0.546. The molecule has 3 heterocycles. The molecule has 0 saturated carbocycles. The predicted molar refractivity (Wildman–Crippen MR) is 238 cm³/mol. The van der Waals surface area contributed by atoms with Crippen molar-refractivity contribution in [3.63, 3.8) is 0 Å². The van der Waals surface area contributed by atoms with Crippen LogP contribution >= 0.6 is 0 Å². The van der Waals surface area contributed by atoms with Gasteiger partial charge in [0.25, 0.3) is 0 Å². The van der Waals surface area contributed by atoms with Crippen molar-refractivity contribution < 1.29 is 4.42 Å². The molecule has 0 aliphatic rings. The molecule has 5 nitrogen and oxygen atoms in total. The number of furan rings is 1. The summed E-state index contributed by atoms with van der Waals surface area (Å²) in [5.41, 5.74) is 9.79. The van der Waals surface area contributed by atoms with Crippen LogP contribution in [0.25, 0.3) is 116 Å². The van der Waals surface area contributed by atoms with E-state index in [0.29, 0.717) is 17.5 Å². The number of para-hydroxylation sites is 2. The minimum Gasteiger partial charge on any atom is -0.455 e. The summed E-state index contributed by atoms with van der Waals surface area (Å²) >= 11 is 0. The standard InChI is InChI=1S/C53H32N4O/c1-3-14-34(15-4-1)51-54-52(35-16-5-2-6-17-35)56-53(55-51)46-32-41(31-45-43-20-10-12-22-49(43)58-50(45)46)57-47-21-11-9-19-42(47)44-29-39-26-25-38(28-40(39)30-48(44)57)37-24-23-33-13-7-8-18-36(33)27-37/h1-32H. The Morgan fingerprint density at radius 1 is 0.345 bits per heavy atom. The third-order valence-electron chi connectivity index (χ3n) is 11.4. The number of hydrogen-bond donors (Lipinski definition) is 0. The van der Waals surface area contributed by atoms with Gasteiger partial charge in [0.2, 0.25) is 0 Å². The fourth-order valence-electron chi connectivity index (χ4n) is 8.58. The molecule has 12 aromatic rings. The van der Waals surface area contributed by atoms with Crippen molar-refractivity contribution in [1.82, 2.24) is 19.5 Å². The van der Waals surface area contributed by atoms with Crippen molar-refractivity contribution in [2.75, 3.05) is 0 Å². The third-order valence-corrected chi connectivity index (χ3v) is 11.4. The summed E-state index contributed by atoms with van der Waals surface area (Å²) in [5.74, 6) is 1.75. The molecule has 0 N–H and O–H groups in total. The summed E-state index contributed by atoms with van der Waals surface area (Å²) < 4.78 is 9.09. The van der Waals surface area contributed by atoms with Gasteiger partial charge in [0.15, 0.2) is 17.5 Å². The Kier molecular flexibility index (Phi) is 7.16. The van der Waals surface area contributed by atoms with Crippen LogP contribution in [0.3, 0.4) is 0 Å². The molecular weight excluding hydrogens is 709 g/mol. The number of rotatable bonds is 5. The van der Waals surface area contributed by atoms with E-state index < -0.39 is 0 Å². The molecule has 9 aromatic carbocycles. The van der Waals surface area contributed by atoms with E-state index in [0.717, 1.165) is 55.3 Å². The monoisotopic (exact) mass is 740 g/mol. The predicted octanol–water partition coefficient (Wildman–Crippen LogP) is 13.8. The van der Waals surface area contributed by atoms with Crippen LogP contribution in [0.5, 0.6) is 0 Å². The Labute approximate surface area is 333 Å². The lowest BCUT2D eigenvalue weighted by atomic mass is 9.98. The quantitative estimate of drug-likeness (QED) is 0.176. The Morgan fingerprint density at radius 3 is 1.69 bits per heavy atom. The molecule has 12 rings (SSSR count). The van der Waals surface area contributed by atoms with Gasteiger partial charge in [-0.25, -0.2) is 15.0 Å². The molecule has 0 aliphatic heterocycles. The van der Waals surface area contributed by atoms with Crippen molar-refractivity contribution in [2.24, 2.45) is 0 Å². The first-order chi connectivity index (χ1) is 28.7. The van der Waals surface area contributed by atoms with Crippen LogP contribution in [0.2, 0.25) is 0 Å². The topological polar surface area (TPSA) is 56.7 Å². The zero-order chi connectivity index (χ0) is 38.2. The highest BCUT2D eigenvalue weighted by molar-refractivity contribution is 6.15. The summed E-state index contributed by atoms with van der Waals surface area (Å²) in [6, 6.07) is 68.3. The van der Waals surface area contributed by atoms with Gasteiger partial charge in [0.05, 0.1) is 16.6 Å². The first-order valence-electron chi connectivity index (χ1n) is 19.5. The Morgan fingerprint density at radius 2 is 0.931 bits per heavy atom. The summed E-state index contributed by atoms with van der Waals surface area (Å²) in [6.45, 7) is 0. The Bertz CT molecular complexity index is 3510. The van der Waals surface area contributed by atoms with Crippen molar-refractivity contribution >= 4 is 65.3 Å². The highest BCUT2D eigenvalue weighted by Crippen LogP contribution is 2.41. The number of aromatic nitrogens is 4. The first kappa shape index (κ1) is 32.4. The van der Waals surface area contributed by atoms with Gasteiger partial charge in [-0.2, -0.15) is 0 Å². The normalized spacial score (nSPS) is 11.8. The van der Waals surface area contributed by atoms with Gasteiger partial charge in [0.1, 0.15) is 11.2 Å². The smallest absolute Gasteiger partial charge is 0.167 e. The van der Waals surface area contributed by atoms with Gasteiger partial charge in [-0.3, -0.25) is 0 Å². The molecule has 0 bridgehead atoms. The summed E-state index contributed by atoms with van der Waals surface area (Å²) in [5, 5.41) is 9.26. The maximum atomic E-state index is 6.71. The molecule has 0 radical (unpaired) electrons. The second kappa shape index (κ2) is 12.8. The van der Waals surface area contributed by atoms with E-state index in [1.165, 1.54) is 43.4 Å². The fraction of sp³-hybridized carbons (Fsp3) is 0. The highest BCUT2D eigenvalue weighted by atomic mass is 16.3. The van der Waals surface area contributed by atoms with Crippen molar-refractivity contribution in [3.05, 3.63) is 194 Å². The lowest BCUT2D eigenvalue weighted by molar-refractivity contribution is 0.669. The van der Waals surface area contributed by atoms with Crippen LogP contribution in [-0.4, -0.2) is 19.5 Å². The van der Waals surface area contributed by atoms with Gasteiger partial charge in [0, 0.05) is 38.4 Å². The van der Waals surface area contributed by atoms with Gasteiger partial charge in [-0.05, 0) is 81.2 Å². The summed E-state index contributed by atoms with van der Waals surface area (Å²) in [4.78, 5) is 15.3. The number of benzene rings is 9. The molecule has 0 saturated heterocycles. The maximum Gasteiger partial charge on any atom is 0.167 e. The van der Waals surface area contributed by atoms with Crippen LogP contribution in [0.4, 0.5) is 0 Å². The molecule has 58 heavy (non-hydrogen) atoms. The fourth-order valence-corrected chi connectivity index (χ4v) is 8.58. The minimum absolute atomic E-state index is 0.546. The van der Waals surface area contributed by atoms with Gasteiger partial charge in [-0.15, -0.1) is 0 Å². The van der Waals surface area contributed by atoms with E-state index in [4.69, 9.17) is 19.4 Å². The average Bonchev–Trinajstić information content (AvgIpc) is 3.83. The van der Waals surface area contributed by atoms with Crippen molar-refractivity contribution in [1.29, 1.82) is 0 Å². The van der Waals surface area contributed by atoms with Gasteiger partial charge < -0.3 is 8.98 Å². The van der Waals surface area contributed by atoms with E-state index in [1.54, 1.807) is 0 Å². The molecular formula is C53H32N4O. The lowest BCUT2D eigenvalue weighted by Crippen LogP contribution is -2.01. The second-order valence-corrected chi connectivity index (χ2v) is 14.9. The first-order valence-corrected chi connectivity index (χ1v) is 19.5. The number of nitrogens with zero attached hydrogens (tertiary/aromatic N) is 4. The molecule has 0 spiro atoms. The second-order valence-electron chi connectivity index (χ2n) is 14.9. The number of fused-ring (bicyclic) bond motifs is 8. The van der Waals surface area contributed by atoms with Crippen LogP contribution in [0.1, 0.15) is 0 Å². The van der Waals surface area contributed by atoms with Crippen LogP contribution < -0.4 is 0 Å². The average molecular weight is 741 g/mol. The van der Waals surface area contributed by atoms with Crippen molar-refractivity contribution in [3.8, 4) is 51.0 Å². The zero-order valence-electron chi connectivity index (χ0n) is 31.2. The Balaban J connectivity index is 1.13. The van der Waals surface area contributed by atoms with Crippen LogP contribution in [-0.2, 0) is 0 Å². The van der Waals surface area contributed by atoms with Crippen LogP contribution in [0.15, 0.2) is 199 Å². The number of hydrogen-bond acceptors (Lipinski definition) is 4. The lowest BCUT2D eigenvalue weighted by Gasteiger charge is -2.13. The summed E-state index contributed by atoms with van der Waals surface area (Å²) in [6.07, 6.45) is 0. The molecule has 0 aliphatic carbocycles. The molecule has 270 valence electrons. The van der Waals surface area contributed by atoms with E-state index >= 15 is 0 Å². The third kappa shape index (κ3) is 5.21.